The molecule has 0 saturated carbocycles. The first-order valence-electron chi connectivity index (χ1n) is 10.3. The Morgan fingerprint density at radius 1 is 1.03 bits per heavy atom. The van der Waals surface area contributed by atoms with E-state index in [-0.39, 0.29) is 21.5 Å². The maximum Gasteiger partial charge on any atom is 0.273 e. The molecule has 3 amide bonds. The smallest absolute Gasteiger partial charge is 0.273 e. The summed E-state index contributed by atoms with van der Waals surface area (Å²) in [5, 5.41) is 2.18. The number of nitrogens with zero attached hydrogens (tertiary/aromatic N) is 2. The number of halogens is 3. The molecule has 0 aromatic heterocycles. The van der Waals surface area contributed by atoms with Crippen LogP contribution in [0, 0.1) is 17.8 Å². The number of Topliss-reactive ketones (excluding diaryl/α,β-unsaturated/α-hetero) is 1. The van der Waals surface area contributed by atoms with Gasteiger partial charge in [0.15, 0.2) is 5.78 Å². The molecule has 6 nitrogen and oxygen atoms in total. The molecule has 1 fully saturated rings. The van der Waals surface area contributed by atoms with E-state index < -0.39 is 41.9 Å². The number of hydrogen-bond donors (Lipinski definition) is 0. The van der Waals surface area contributed by atoms with E-state index in [1.54, 1.807) is 24.3 Å². The Balaban J connectivity index is 1.72. The first-order valence-corrected chi connectivity index (χ1v) is 11.8. The number of carbonyl (C=O) groups is 4. The SMILES string of the molecule is C[C@@H]1C=CC[C@@H]2C(=O)N(N(CC(=O)c3ccc(Br)cc3)C(=O)c3ccc(Cl)c(Cl)c3)C(=O)[C@@H]12. The van der Waals surface area contributed by atoms with E-state index in [4.69, 9.17) is 23.2 Å². The summed E-state index contributed by atoms with van der Waals surface area (Å²) in [6, 6.07) is 10.9. The minimum absolute atomic E-state index is 0.106. The number of ketones is 1. The zero-order valence-electron chi connectivity index (χ0n) is 17.5. The van der Waals surface area contributed by atoms with Gasteiger partial charge in [0.1, 0.15) is 6.54 Å². The first-order chi connectivity index (χ1) is 15.7. The van der Waals surface area contributed by atoms with E-state index in [1.807, 2.05) is 19.1 Å². The third-order valence-corrected chi connectivity index (χ3v) is 7.22. The highest BCUT2D eigenvalue weighted by molar-refractivity contribution is 9.10. The highest BCUT2D eigenvalue weighted by Crippen LogP contribution is 2.39. The molecule has 0 bridgehead atoms. The van der Waals surface area contributed by atoms with Crippen LogP contribution in [0.1, 0.15) is 34.1 Å². The summed E-state index contributed by atoms with van der Waals surface area (Å²) in [6.45, 7) is 1.37. The molecule has 0 radical (unpaired) electrons. The molecule has 1 aliphatic heterocycles. The van der Waals surface area contributed by atoms with Gasteiger partial charge in [-0.2, -0.15) is 5.01 Å². The first kappa shape index (κ1) is 23.7. The number of allylic oxidation sites excluding steroid dienone is 2. The molecule has 3 atom stereocenters. The summed E-state index contributed by atoms with van der Waals surface area (Å²) in [5.74, 6) is -3.39. The zero-order valence-corrected chi connectivity index (χ0v) is 20.6. The van der Waals surface area contributed by atoms with Crippen molar-refractivity contribution in [3.8, 4) is 0 Å². The van der Waals surface area contributed by atoms with Gasteiger partial charge in [0.2, 0.25) is 0 Å². The van der Waals surface area contributed by atoms with Crippen LogP contribution < -0.4 is 0 Å². The van der Waals surface area contributed by atoms with E-state index in [0.717, 1.165) is 14.5 Å². The number of carbonyl (C=O) groups excluding carboxylic acids is 4. The molecule has 4 rings (SSSR count). The van der Waals surface area contributed by atoms with E-state index >= 15 is 0 Å². The lowest BCUT2D eigenvalue weighted by Crippen LogP contribution is -2.52. The molecule has 0 unspecified atom stereocenters. The molecular formula is C24H19BrCl2N2O4. The fraction of sp³-hybridized carbons (Fsp3) is 0.250. The summed E-state index contributed by atoms with van der Waals surface area (Å²) >= 11 is 15.4. The number of fused-ring (bicyclic) bond motifs is 1. The van der Waals surface area contributed by atoms with Gasteiger partial charge >= 0.3 is 0 Å². The van der Waals surface area contributed by atoms with Gasteiger partial charge in [-0.25, -0.2) is 5.01 Å². The molecule has 0 spiro atoms. The molecule has 170 valence electrons. The molecular weight excluding hydrogens is 531 g/mol. The van der Waals surface area contributed by atoms with Crippen LogP contribution in [-0.4, -0.2) is 40.1 Å². The molecule has 1 aliphatic carbocycles. The Kier molecular flexibility index (Phi) is 6.75. The van der Waals surface area contributed by atoms with Gasteiger partial charge in [-0.05, 0) is 42.7 Å². The van der Waals surface area contributed by atoms with Gasteiger partial charge in [-0.3, -0.25) is 19.2 Å². The molecule has 1 saturated heterocycles. The second-order valence-corrected chi connectivity index (χ2v) is 9.80. The van der Waals surface area contributed by atoms with Gasteiger partial charge in [-0.1, -0.05) is 70.3 Å². The maximum absolute atomic E-state index is 13.5. The van der Waals surface area contributed by atoms with E-state index in [0.29, 0.717) is 12.0 Å². The van der Waals surface area contributed by atoms with Crippen molar-refractivity contribution in [1.82, 2.24) is 10.0 Å². The average molecular weight is 550 g/mol. The third-order valence-electron chi connectivity index (χ3n) is 5.95. The van der Waals surface area contributed by atoms with Crippen molar-refractivity contribution in [2.24, 2.45) is 17.8 Å². The average Bonchev–Trinajstić information content (AvgIpc) is 3.05. The second kappa shape index (κ2) is 9.41. The van der Waals surface area contributed by atoms with Crippen molar-refractivity contribution in [2.75, 3.05) is 6.54 Å². The van der Waals surface area contributed by atoms with Crippen molar-refractivity contribution < 1.29 is 19.2 Å². The van der Waals surface area contributed by atoms with Crippen LogP contribution >= 0.6 is 39.1 Å². The highest BCUT2D eigenvalue weighted by atomic mass is 79.9. The predicted molar refractivity (Wildman–Crippen MR) is 128 cm³/mol. The largest absolute Gasteiger partial charge is 0.292 e. The summed E-state index contributed by atoms with van der Waals surface area (Å²) in [5.41, 5.74) is 0.450. The number of rotatable bonds is 5. The minimum Gasteiger partial charge on any atom is -0.292 e. The number of amides is 3. The fourth-order valence-electron chi connectivity index (χ4n) is 4.24. The molecule has 2 aromatic rings. The molecule has 2 aliphatic rings. The van der Waals surface area contributed by atoms with Crippen LogP contribution in [0.3, 0.4) is 0 Å². The van der Waals surface area contributed by atoms with Gasteiger partial charge in [0.25, 0.3) is 17.7 Å². The second-order valence-electron chi connectivity index (χ2n) is 8.07. The standard InChI is InChI=1S/C24H19BrCl2N2O4/c1-13-3-2-4-17-21(13)24(33)29(23(17)32)28(12-20(30)14-5-8-16(25)9-6-14)22(31)15-7-10-18(26)19(27)11-15/h2-3,5-11,13,17,21H,4,12H2,1H3/t13-,17+,21+/m1/s1. The third kappa shape index (κ3) is 4.50. The molecule has 2 aromatic carbocycles. The Morgan fingerprint density at radius 2 is 1.70 bits per heavy atom. The lowest BCUT2D eigenvalue weighted by Gasteiger charge is -2.30. The van der Waals surface area contributed by atoms with Gasteiger partial charge in [0.05, 0.1) is 21.9 Å². The van der Waals surface area contributed by atoms with Crippen LogP contribution in [0.15, 0.2) is 59.1 Å². The fourth-order valence-corrected chi connectivity index (χ4v) is 4.81. The van der Waals surface area contributed by atoms with E-state index in [9.17, 15) is 19.2 Å². The van der Waals surface area contributed by atoms with Crippen molar-refractivity contribution in [2.45, 2.75) is 13.3 Å². The van der Waals surface area contributed by atoms with Crippen molar-refractivity contribution in [3.05, 3.63) is 80.3 Å². The number of imide groups is 1. The molecule has 1 heterocycles. The Hall–Kier alpha value is -2.48. The normalized spacial score (nSPS) is 21.8. The Labute approximate surface area is 209 Å². The number of hydrogen-bond acceptors (Lipinski definition) is 4. The van der Waals surface area contributed by atoms with E-state index in [1.165, 1.54) is 18.2 Å². The zero-order chi connectivity index (χ0) is 23.9. The highest BCUT2D eigenvalue weighted by Gasteiger charge is 2.53. The van der Waals surface area contributed by atoms with Crippen molar-refractivity contribution in [3.63, 3.8) is 0 Å². The lowest BCUT2D eigenvalue weighted by atomic mass is 9.78. The molecule has 33 heavy (non-hydrogen) atoms. The van der Waals surface area contributed by atoms with Crippen LogP contribution in [0.5, 0.6) is 0 Å². The van der Waals surface area contributed by atoms with Gasteiger partial charge in [-0.15, -0.1) is 0 Å². The van der Waals surface area contributed by atoms with Gasteiger partial charge in [0, 0.05) is 15.6 Å². The predicted octanol–water partition coefficient (Wildman–Crippen LogP) is 5.19. The Morgan fingerprint density at radius 3 is 2.33 bits per heavy atom. The van der Waals surface area contributed by atoms with Crippen LogP contribution in [0.2, 0.25) is 10.0 Å². The maximum atomic E-state index is 13.5. The topological polar surface area (TPSA) is 74.8 Å². The minimum atomic E-state index is -0.694. The monoisotopic (exact) mass is 548 g/mol. The summed E-state index contributed by atoms with van der Waals surface area (Å²) in [6.07, 6.45) is 4.18. The van der Waals surface area contributed by atoms with Crippen molar-refractivity contribution in [1.29, 1.82) is 0 Å². The number of hydrazine groups is 1. The summed E-state index contributed by atoms with van der Waals surface area (Å²) in [7, 11) is 0. The van der Waals surface area contributed by atoms with E-state index in [2.05, 4.69) is 15.9 Å². The molecule has 0 N–H and O–H groups in total. The van der Waals surface area contributed by atoms with Crippen molar-refractivity contribution >= 4 is 62.6 Å². The summed E-state index contributed by atoms with van der Waals surface area (Å²) in [4.78, 5) is 53.2. The van der Waals surface area contributed by atoms with Crippen LogP contribution in [0.4, 0.5) is 0 Å². The summed E-state index contributed by atoms with van der Waals surface area (Å²) < 4.78 is 0.790. The number of benzene rings is 2. The lowest BCUT2D eigenvalue weighted by molar-refractivity contribution is -0.154. The van der Waals surface area contributed by atoms with Crippen LogP contribution in [-0.2, 0) is 9.59 Å². The Bertz CT molecular complexity index is 1180. The molecule has 9 heteroatoms. The van der Waals surface area contributed by atoms with Crippen LogP contribution in [0.25, 0.3) is 0 Å². The quantitative estimate of drug-likeness (QED) is 0.292. The van der Waals surface area contributed by atoms with Gasteiger partial charge < -0.3 is 0 Å².